The topological polar surface area (TPSA) is 62.3 Å². The summed E-state index contributed by atoms with van der Waals surface area (Å²) in [7, 11) is 0. The molecule has 0 spiro atoms. The fourth-order valence-electron chi connectivity index (χ4n) is 3.03. The number of rotatable bonds is 4. The molecule has 1 aliphatic heterocycles. The first-order valence-electron chi connectivity index (χ1n) is 8.65. The molecule has 1 aliphatic rings. The fraction of sp³-hybridized carbons (Fsp3) is 0.350. The Labute approximate surface area is 158 Å². The molecule has 0 bridgehead atoms. The Morgan fingerprint density at radius 1 is 1.27 bits per heavy atom. The third-order valence-corrected chi connectivity index (χ3v) is 5.56. The van der Waals surface area contributed by atoms with E-state index in [1.54, 1.807) is 29.8 Å². The molecule has 0 saturated heterocycles. The maximum atomic E-state index is 12.9. The first-order valence-corrected chi connectivity index (χ1v) is 9.47. The average Bonchev–Trinajstić information content (AvgIpc) is 2.71. The summed E-state index contributed by atoms with van der Waals surface area (Å²) in [6.45, 7) is 6.22. The lowest BCUT2D eigenvalue weighted by Gasteiger charge is -2.28. The van der Waals surface area contributed by atoms with E-state index in [9.17, 15) is 9.59 Å². The van der Waals surface area contributed by atoms with Gasteiger partial charge in [-0.1, -0.05) is 18.2 Å². The molecule has 1 aromatic carbocycles. The van der Waals surface area contributed by atoms with Crippen LogP contribution in [0.15, 0.2) is 53.6 Å². The number of hydrogen-bond donors (Lipinski definition) is 1. The normalized spacial score (nSPS) is 17.2. The number of benzene rings is 1. The molecule has 2 heterocycles. The number of amides is 2. The number of aromatic nitrogens is 1. The number of carbonyl (C=O) groups is 2. The van der Waals surface area contributed by atoms with Gasteiger partial charge in [-0.15, -0.1) is 11.8 Å². The Morgan fingerprint density at radius 3 is 2.73 bits per heavy atom. The average molecular weight is 369 g/mol. The second-order valence-corrected chi connectivity index (χ2v) is 8.73. The van der Waals surface area contributed by atoms with Crippen LogP contribution in [0, 0.1) is 0 Å². The lowest BCUT2D eigenvalue weighted by atomic mass is 10.1. The van der Waals surface area contributed by atoms with Crippen LogP contribution in [-0.4, -0.2) is 27.6 Å². The van der Waals surface area contributed by atoms with Crippen molar-refractivity contribution < 1.29 is 9.59 Å². The third kappa shape index (κ3) is 4.07. The molecule has 3 rings (SSSR count). The van der Waals surface area contributed by atoms with Gasteiger partial charge in [-0.2, -0.15) is 0 Å². The van der Waals surface area contributed by atoms with Crippen LogP contribution in [0.4, 0.5) is 5.69 Å². The van der Waals surface area contributed by atoms with Gasteiger partial charge in [-0.25, -0.2) is 0 Å². The van der Waals surface area contributed by atoms with Crippen molar-refractivity contribution in [3.63, 3.8) is 0 Å². The number of thioether (sulfide) groups is 1. The van der Waals surface area contributed by atoms with Gasteiger partial charge in [0.25, 0.3) is 0 Å². The van der Waals surface area contributed by atoms with E-state index in [0.717, 1.165) is 16.3 Å². The van der Waals surface area contributed by atoms with Gasteiger partial charge in [0.2, 0.25) is 11.8 Å². The fourth-order valence-corrected chi connectivity index (χ4v) is 4.24. The molecule has 2 aromatic rings. The minimum atomic E-state index is -0.595. The first-order chi connectivity index (χ1) is 12.4. The van der Waals surface area contributed by atoms with E-state index in [4.69, 9.17) is 0 Å². The van der Waals surface area contributed by atoms with E-state index >= 15 is 0 Å². The van der Waals surface area contributed by atoms with Gasteiger partial charge >= 0.3 is 0 Å². The molecule has 0 radical (unpaired) electrons. The van der Waals surface area contributed by atoms with Crippen molar-refractivity contribution in [1.82, 2.24) is 10.3 Å². The van der Waals surface area contributed by atoms with Gasteiger partial charge in [0.1, 0.15) is 6.04 Å². The van der Waals surface area contributed by atoms with Crippen molar-refractivity contribution in [2.24, 2.45) is 0 Å². The number of nitrogens with one attached hydrogen (secondary N) is 1. The molecule has 1 aromatic heterocycles. The van der Waals surface area contributed by atoms with Gasteiger partial charge in [-0.05, 0) is 45.0 Å². The molecule has 1 unspecified atom stereocenters. The Balaban J connectivity index is 1.82. The molecule has 6 heteroatoms. The van der Waals surface area contributed by atoms with Gasteiger partial charge in [0, 0.05) is 22.3 Å². The summed E-state index contributed by atoms with van der Waals surface area (Å²) in [5, 5.41) is 2.89. The molecule has 0 saturated carbocycles. The zero-order valence-corrected chi connectivity index (χ0v) is 16.0. The number of para-hydroxylation sites is 1. The molecule has 1 atom stereocenters. The highest BCUT2D eigenvalue weighted by molar-refractivity contribution is 8.00. The molecule has 5 nitrogen and oxygen atoms in total. The maximum Gasteiger partial charge on any atom is 0.243 e. The minimum Gasteiger partial charge on any atom is -0.349 e. The van der Waals surface area contributed by atoms with Crippen LogP contribution in [0.5, 0.6) is 0 Å². The first kappa shape index (κ1) is 18.5. The molecule has 2 amide bonds. The van der Waals surface area contributed by atoms with Crippen molar-refractivity contribution in [1.29, 1.82) is 0 Å². The summed E-state index contributed by atoms with van der Waals surface area (Å²) in [5.41, 5.74) is 1.58. The monoisotopic (exact) mass is 369 g/mol. The van der Waals surface area contributed by atoms with Crippen molar-refractivity contribution in [3.8, 4) is 0 Å². The van der Waals surface area contributed by atoms with E-state index < -0.39 is 6.04 Å². The van der Waals surface area contributed by atoms with Crippen LogP contribution < -0.4 is 10.2 Å². The third-order valence-electron chi connectivity index (χ3n) is 4.29. The minimum absolute atomic E-state index is 0.0343. The van der Waals surface area contributed by atoms with E-state index in [2.05, 4.69) is 24.1 Å². The Bertz CT molecular complexity index is 808. The molecular weight excluding hydrogens is 346 g/mol. The van der Waals surface area contributed by atoms with Crippen LogP contribution in [0.3, 0.4) is 0 Å². The highest BCUT2D eigenvalue weighted by atomic mass is 32.2. The summed E-state index contributed by atoms with van der Waals surface area (Å²) in [5.74, 6) is -0.226. The number of fused-ring (bicyclic) bond motifs is 1. The summed E-state index contributed by atoms with van der Waals surface area (Å²) in [6, 6.07) is 12.7. The molecule has 26 heavy (non-hydrogen) atoms. The quantitative estimate of drug-likeness (QED) is 0.897. The van der Waals surface area contributed by atoms with Crippen molar-refractivity contribution in [2.45, 2.75) is 49.4 Å². The summed E-state index contributed by atoms with van der Waals surface area (Å²) in [4.78, 5) is 32.5. The predicted molar refractivity (Wildman–Crippen MR) is 104 cm³/mol. The zero-order chi connectivity index (χ0) is 18.7. The van der Waals surface area contributed by atoms with Crippen LogP contribution in [-0.2, 0) is 16.1 Å². The highest BCUT2D eigenvalue weighted by Crippen LogP contribution is 2.44. The number of anilines is 1. The highest BCUT2D eigenvalue weighted by Gasteiger charge is 2.37. The summed E-state index contributed by atoms with van der Waals surface area (Å²) >= 11 is 1.68. The van der Waals surface area contributed by atoms with E-state index in [1.165, 1.54) is 0 Å². The lowest BCUT2D eigenvalue weighted by molar-refractivity contribution is -0.126. The van der Waals surface area contributed by atoms with Gasteiger partial charge < -0.3 is 5.32 Å². The van der Waals surface area contributed by atoms with Crippen molar-refractivity contribution in [2.75, 3.05) is 4.90 Å². The smallest absolute Gasteiger partial charge is 0.243 e. The van der Waals surface area contributed by atoms with E-state index in [1.807, 2.05) is 42.5 Å². The molecule has 136 valence electrons. The lowest BCUT2D eigenvalue weighted by Crippen LogP contribution is -2.48. The van der Waals surface area contributed by atoms with Gasteiger partial charge in [0.05, 0.1) is 17.9 Å². The van der Waals surface area contributed by atoms with Crippen LogP contribution >= 0.6 is 11.8 Å². The second-order valence-electron chi connectivity index (χ2n) is 6.98. The number of nitrogens with zero attached hydrogens (tertiary/aromatic N) is 2. The molecule has 1 N–H and O–H groups in total. The maximum absolute atomic E-state index is 12.9. The summed E-state index contributed by atoms with van der Waals surface area (Å²) in [6.07, 6.45) is 2.07. The van der Waals surface area contributed by atoms with Gasteiger partial charge in [-0.3, -0.25) is 19.5 Å². The SMILES string of the molecule is CC(C(=O)NCc1ccccn1)N1C(=O)CC(C)(C)Sc2ccccc21. The summed E-state index contributed by atoms with van der Waals surface area (Å²) < 4.78 is -0.216. The standard InChI is InChI=1S/C20H23N3O2S/c1-14(19(25)22-13-15-8-6-7-11-21-15)23-16-9-4-5-10-17(16)26-20(2,3)12-18(23)24/h4-11,14H,12-13H2,1-3H3,(H,22,25). The number of pyridine rings is 1. The van der Waals surface area contributed by atoms with E-state index in [-0.39, 0.29) is 16.6 Å². The molecule has 0 aliphatic carbocycles. The Kier molecular flexibility index (Phi) is 5.32. The largest absolute Gasteiger partial charge is 0.349 e. The molecular formula is C20H23N3O2S. The molecule has 0 fully saturated rings. The van der Waals surface area contributed by atoms with Gasteiger partial charge in [0.15, 0.2) is 0 Å². The number of carbonyl (C=O) groups excluding carboxylic acids is 2. The van der Waals surface area contributed by atoms with Crippen molar-refractivity contribution >= 4 is 29.3 Å². The van der Waals surface area contributed by atoms with Crippen LogP contribution in [0.25, 0.3) is 0 Å². The van der Waals surface area contributed by atoms with Crippen LogP contribution in [0.1, 0.15) is 32.9 Å². The Morgan fingerprint density at radius 2 is 2.00 bits per heavy atom. The van der Waals surface area contributed by atoms with E-state index in [0.29, 0.717) is 13.0 Å². The Hall–Kier alpha value is -2.34. The number of hydrogen-bond acceptors (Lipinski definition) is 4. The van der Waals surface area contributed by atoms with Crippen LogP contribution in [0.2, 0.25) is 0 Å². The predicted octanol–water partition coefficient (Wildman–Crippen LogP) is 3.39. The second kappa shape index (κ2) is 7.50. The zero-order valence-electron chi connectivity index (χ0n) is 15.2. The van der Waals surface area contributed by atoms with Crippen molar-refractivity contribution in [3.05, 3.63) is 54.4 Å².